The summed E-state index contributed by atoms with van der Waals surface area (Å²) in [4.78, 5) is 0. The van der Waals surface area contributed by atoms with Crippen molar-refractivity contribution < 1.29 is 79.9 Å². The third-order valence-corrected chi connectivity index (χ3v) is 7.70. The molecule has 11 N–H and O–H groups in total. The second-order valence-corrected chi connectivity index (χ2v) is 10.6. The van der Waals surface area contributed by atoms with Gasteiger partial charge in [0.25, 0.3) is 0 Å². The average molecular weight is 615 g/mol. The highest BCUT2D eigenvalue weighted by atomic mass is 16.7. The summed E-state index contributed by atoms with van der Waals surface area (Å²) >= 11 is 0. The van der Waals surface area contributed by atoms with E-state index in [1.54, 1.807) is 0 Å². The number of phenols is 3. The first-order valence-corrected chi connectivity index (χ1v) is 13.4. The fraction of sp³-hybridized carbons (Fsp3) is 0.556. The number of benzene rings is 2. The molecule has 0 spiro atoms. The molecule has 3 heterocycles. The van der Waals surface area contributed by atoms with Crippen LogP contribution in [0.3, 0.4) is 0 Å². The third-order valence-electron chi connectivity index (χ3n) is 7.70. The van der Waals surface area contributed by atoms with Crippen molar-refractivity contribution >= 4 is 0 Å². The first kappa shape index (κ1) is 31.4. The van der Waals surface area contributed by atoms with E-state index in [2.05, 4.69) is 0 Å². The standard InChI is InChI=1S/C27H34O16/c28-7-17-19(34)20(35)22(37)27(41-17)43-25-18(8-29)42-26(23(38)21(25)36)40-16-5-10(30)4-15-11(16)6-14(33)24(39-15)9-1-2-12(31)13(32)3-9/h1-5,14,17-38H,6-8H2/t14?,17-,18-,19-,20+,21-,22-,23-,24?,25-,26+,27-/m1/s1. The molecule has 2 fully saturated rings. The van der Waals surface area contributed by atoms with Crippen molar-refractivity contribution in [1.29, 1.82) is 0 Å². The van der Waals surface area contributed by atoms with Crippen LogP contribution in [0.4, 0.5) is 0 Å². The summed E-state index contributed by atoms with van der Waals surface area (Å²) in [6, 6.07) is 6.31. The molecule has 238 valence electrons. The topological polar surface area (TPSA) is 269 Å². The number of hydrogen-bond donors (Lipinski definition) is 11. The van der Waals surface area contributed by atoms with E-state index < -0.39 is 92.6 Å². The Bertz CT molecular complexity index is 1270. The Morgan fingerprint density at radius 1 is 0.721 bits per heavy atom. The number of aliphatic hydroxyl groups excluding tert-OH is 8. The van der Waals surface area contributed by atoms with Gasteiger partial charge in [0.2, 0.25) is 6.29 Å². The van der Waals surface area contributed by atoms with Crippen LogP contribution in [0.1, 0.15) is 17.2 Å². The van der Waals surface area contributed by atoms with Gasteiger partial charge in [-0.2, -0.15) is 0 Å². The van der Waals surface area contributed by atoms with Crippen LogP contribution < -0.4 is 9.47 Å². The van der Waals surface area contributed by atoms with Crippen LogP contribution >= 0.6 is 0 Å². The predicted octanol–water partition coefficient (Wildman–Crippen LogP) is -3.16. The molecule has 12 atom stereocenters. The lowest BCUT2D eigenvalue weighted by molar-refractivity contribution is -0.352. The van der Waals surface area contributed by atoms with Crippen LogP contribution in [0.2, 0.25) is 0 Å². The number of fused-ring (bicyclic) bond motifs is 1. The summed E-state index contributed by atoms with van der Waals surface area (Å²) in [5.74, 6) is -1.12. The first-order chi connectivity index (χ1) is 20.4. The minimum atomic E-state index is -1.85. The van der Waals surface area contributed by atoms with Crippen molar-refractivity contribution in [3.63, 3.8) is 0 Å². The maximum Gasteiger partial charge on any atom is 0.229 e. The van der Waals surface area contributed by atoms with E-state index in [1.165, 1.54) is 24.3 Å². The molecule has 43 heavy (non-hydrogen) atoms. The number of aliphatic hydroxyl groups is 8. The molecule has 0 amide bonds. The summed E-state index contributed by atoms with van der Waals surface area (Å²) in [7, 11) is 0. The van der Waals surface area contributed by atoms with Gasteiger partial charge in [0, 0.05) is 24.1 Å². The van der Waals surface area contributed by atoms with Gasteiger partial charge < -0.3 is 79.9 Å². The SMILES string of the molecule is OC[C@H]1O[C@H](O[C@H]2[C@H](O)[C@@H](O)[C@@H](Oc3cc(O)cc4c3CC(O)C(c3ccc(O)c(O)c3)O4)O[C@@H]2CO)[C@H](O)[C@@H](O)[C@@H]1O. The maximum atomic E-state index is 10.9. The van der Waals surface area contributed by atoms with Crippen LogP contribution in [0.25, 0.3) is 0 Å². The fourth-order valence-electron chi connectivity index (χ4n) is 5.33. The Hall–Kier alpha value is -3.00. The van der Waals surface area contributed by atoms with Crippen LogP contribution in [-0.2, 0) is 20.6 Å². The molecule has 3 aliphatic heterocycles. The number of phenolic OH excluding ortho intramolecular Hbond substituents is 3. The quantitative estimate of drug-likeness (QED) is 0.137. The molecule has 0 bridgehead atoms. The molecule has 0 aliphatic carbocycles. The van der Waals surface area contributed by atoms with Crippen molar-refractivity contribution in [3.8, 4) is 28.7 Å². The molecule has 0 saturated carbocycles. The minimum absolute atomic E-state index is 0.0884. The van der Waals surface area contributed by atoms with Gasteiger partial charge >= 0.3 is 0 Å². The van der Waals surface area contributed by atoms with Gasteiger partial charge in [-0.1, -0.05) is 6.07 Å². The molecular weight excluding hydrogens is 580 g/mol. The van der Waals surface area contributed by atoms with E-state index in [0.29, 0.717) is 5.56 Å². The molecule has 2 saturated heterocycles. The Labute approximate surface area is 243 Å². The minimum Gasteiger partial charge on any atom is -0.508 e. The zero-order chi connectivity index (χ0) is 31.2. The summed E-state index contributed by atoms with van der Waals surface area (Å²) in [6.45, 7) is -1.52. The predicted molar refractivity (Wildman–Crippen MR) is 138 cm³/mol. The third kappa shape index (κ3) is 6.04. The molecule has 16 nitrogen and oxygen atoms in total. The number of aromatic hydroxyl groups is 3. The number of rotatable bonds is 7. The van der Waals surface area contributed by atoms with Gasteiger partial charge in [0.05, 0.1) is 19.3 Å². The lowest BCUT2D eigenvalue weighted by atomic mass is 9.93. The summed E-state index contributed by atoms with van der Waals surface area (Å²) in [5, 5.41) is 112. The van der Waals surface area contributed by atoms with E-state index in [9.17, 15) is 56.2 Å². The van der Waals surface area contributed by atoms with Gasteiger partial charge in [-0.25, -0.2) is 0 Å². The van der Waals surface area contributed by atoms with E-state index in [4.69, 9.17) is 23.7 Å². The zero-order valence-electron chi connectivity index (χ0n) is 22.4. The van der Waals surface area contributed by atoms with Gasteiger partial charge in [0.1, 0.15) is 72.2 Å². The van der Waals surface area contributed by atoms with E-state index in [1.807, 2.05) is 0 Å². The average Bonchev–Trinajstić information content (AvgIpc) is 2.98. The lowest BCUT2D eigenvalue weighted by Gasteiger charge is -2.46. The smallest absolute Gasteiger partial charge is 0.229 e. The number of hydrogen-bond acceptors (Lipinski definition) is 16. The van der Waals surface area contributed by atoms with Crippen molar-refractivity contribution in [2.24, 2.45) is 0 Å². The van der Waals surface area contributed by atoms with Gasteiger partial charge in [-0.15, -0.1) is 0 Å². The Morgan fingerprint density at radius 3 is 2.07 bits per heavy atom. The van der Waals surface area contributed by atoms with Crippen LogP contribution in [-0.4, -0.2) is 137 Å². The van der Waals surface area contributed by atoms with E-state index in [-0.39, 0.29) is 35.0 Å². The Balaban J connectivity index is 1.33. The summed E-state index contributed by atoms with van der Waals surface area (Å²) < 4.78 is 28.1. The molecule has 2 unspecified atom stereocenters. The number of ether oxygens (including phenoxy) is 5. The van der Waals surface area contributed by atoms with Crippen molar-refractivity contribution in [2.45, 2.75) is 80.0 Å². The molecule has 5 rings (SSSR count). The first-order valence-electron chi connectivity index (χ1n) is 13.4. The van der Waals surface area contributed by atoms with Crippen molar-refractivity contribution in [2.75, 3.05) is 13.2 Å². The molecule has 0 radical (unpaired) electrons. The highest BCUT2D eigenvalue weighted by Crippen LogP contribution is 2.44. The molecular formula is C27H34O16. The van der Waals surface area contributed by atoms with Gasteiger partial charge in [-0.05, 0) is 17.7 Å². The van der Waals surface area contributed by atoms with Crippen LogP contribution in [0, 0.1) is 0 Å². The maximum absolute atomic E-state index is 10.9. The molecule has 2 aromatic rings. The lowest BCUT2D eigenvalue weighted by Crippen LogP contribution is -2.65. The Morgan fingerprint density at radius 2 is 1.40 bits per heavy atom. The van der Waals surface area contributed by atoms with Gasteiger partial charge in [-0.3, -0.25) is 0 Å². The van der Waals surface area contributed by atoms with Crippen LogP contribution in [0.15, 0.2) is 30.3 Å². The highest BCUT2D eigenvalue weighted by Gasteiger charge is 2.51. The van der Waals surface area contributed by atoms with Crippen molar-refractivity contribution in [3.05, 3.63) is 41.5 Å². The van der Waals surface area contributed by atoms with Crippen molar-refractivity contribution in [1.82, 2.24) is 0 Å². The van der Waals surface area contributed by atoms with E-state index in [0.717, 1.165) is 6.07 Å². The second-order valence-electron chi connectivity index (χ2n) is 10.6. The van der Waals surface area contributed by atoms with E-state index >= 15 is 0 Å². The molecule has 3 aliphatic rings. The van der Waals surface area contributed by atoms with Gasteiger partial charge in [0.15, 0.2) is 17.8 Å². The second kappa shape index (κ2) is 12.5. The molecule has 16 heteroatoms. The van der Waals surface area contributed by atoms with Crippen LogP contribution in [0.5, 0.6) is 28.7 Å². The Kier molecular flexibility index (Phi) is 9.17. The fourth-order valence-corrected chi connectivity index (χ4v) is 5.33. The summed E-state index contributed by atoms with van der Waals surface area (Å²) in [5.41, 5.74) is 0.597. The normalized spacial score (nSPS) is 37.8. The highest BCUT2D eigenvalue weighted by molar-refractivity contribution is 5.53. The monoisotopic (exact) mass is 614 g/mol. The summed E-state index contributed by atoms with van der Waals surface area (Å²) in [6.07, 6.45) is -18.8. The largest absolute Gasteiger partial charge is 0.508 e. The molecule has 2 aromatic carbocycles. The zero-order valence-corrected chi connectivity index (χ0v) is 22.4. The molecule has 0 aromatic heterocycles.